The first-order valence-corrected chi connectivity index (χ1v) is 10.8. The fourth-order valence-corrected chi connectivity index (χ4v) is 3.97. The van der Waals surface area contributed by atoms with Gasteiger partial charge in [0, 0.05) is 37.6 Å². The van der Waals surface area contributed by atoms with Gasteiger partial charge in [0.2, 0.25) is 0 Å². The summed E-state index contributed by atoms with van der Waals surface area (Å²) >= 11 is 0. The van der Waals surface area contributed by atoms with Crippen LogP contribution in [-0.2, 0) is 13.1 Å². The lowest BCUT2D eigenvalue weighted by molar-refractivity contribution is 0.175. The predicted octanol–water partition coefficient (Wildman–Crippen LogP) is 2.18. The topological polar surface area (TPSA) is 119 Å². The van der Waals surface area contributed by atoms with Crippen molar-refractivity contribution in [2.45, 2.75) is 39.4 Å². The molecule has 0 aliphatic heterocycles. The number of nitrogens with one attached hydrogen (secondary N) is 1. The van der Waals surface area contributed by atoms with E-state index < -0.39 is 0 Å². The maximum atomic E-state index is 13.4. The van der Waals surface area contributed by atoms with Crippen molar-refractivity contribution in [2.24, 2.45) is 5.73 Å². The Hall–Kier alpha value is -3.43. The molecule has 166 valence electrons. The molecule has 9 heteroatoms. The van der Waals surface area contributed by atoms with Crippen molar-refractivity contribution in [2.75, 3.05) is 13.1 Å². The number of rotatable bonds is 9. The summed E-state index contributed by atoms with van der Waals surface area (Å²) in [7, 11) is 0. The molecular formula is C23H28N8O. The summed E-state index contributed by atoms with van der Waals surface area (Å²) in [5.74, 6) is 1.42. The molecule has 1 unspecified atom stereocenters. The highest BCUT2D eigenvalue weighted by Gasteiger charge is 2.25. The minimum Gasteiger partial charge on any atom is -0.329 e. The second-order valence-corrected chi connectivity index (χ2v) is 7.80. The fraction of sp³-hybridized carbons (Fsp3) is 0.348. The van der Waals surface area contributed by atoms with Gasteiger partial charge in [-0.25, -0.2) is 15.0 Å². The van der Waals surface area contributed by atoms with Crippen LogP contribution in [0.25, 0.3) is 11.0 Å². The lowest BCUT2D eigenvalue weighted by Gasteiger charge is -2.31. The smallest absolute Gasteiger partial charge is 0.265 e. The summed E-state index contributed by atoms with van der Waals surface area (Å²) in [5.41, 5.74) is 8.38. The molecule has 9 nitrogen and oxygen atoms in total. The normalized spacial score (nSPS) is 12.5. The minimum absolute atomic E-state index is 0.104. The van der Waals surface area contributed by atoms with E-state index in [0.717, 1.165) is 23.4 Å². The molecule has 0 aliphatic carbocycles. The average Bonchev–Trinajstić information content (AvgIpc) is 3.28. The maximum absolute atomic E-state index is 13.4. The van der Waals surface area contributed by atoms with Crippen molar-refractivity contribution in [3.8, 4) is 0 Å². The number of nitrogens with two attached hydrogens (primary N) is 1. The number of aryl methyl sites for hydroxylation is 1. The van der Waals surface area contributed by atoms with Crippen molar-refractivity contribution in [1.82, 2.24) is 34.6 Å². The second-order valence-electron chi connectivity index (χ2n) is 7.80. The average molecular weight is 433 g/mol. The van der Waals surface area contributed by atoms with Crippen LogP contribution in [0.4, 0.5) is 0 Å². The molecule has 0 radical (unpaired) electrons. The van der Waals surface area contributed by atoms with Crippen molar-refractivity contribution < 1.29 is 0 Å². The molecule has 1 atom stereocenters. The highest BCUT2D eigenvalue weighted by Crippen LogP contribution is 2.25. The SMILES string of the molecule is CCC(c1nc2[nH]ncc2c(=O)n1Cc1ccccc1)N(CCN)Cc1cnc(C)nc1. The third-order valence-corrected chi connectivity index (χ3v) is 5.54. The largest absolute Gasteiger partial charge is 0.329 e. The van der Waals surface area contributed by atoms with Gasteiger partial charge in [-0.3, -0.25) is 19.4 Å². The van der Waals surface area contributed by atoms with Gasteiger partial charge < -0.3 is 5.73 Å². The molecule has 0 amide bonds. The Morgan fingerprint density at radius 1 is 1.12 bits per heavy atom. The number of nitrogens with zero attached hydrogens (tertiary/aromatic N) is 6. The second kappa shape index (κ2) is 9.80. The first-order valence-electron chi connectivity index (χ1n) is 10.8. The van der Waals surface area contributed by atoms with E-state index in [1.807, 2.05) is 49.6 Å². The molecule has 4 rings (SSSR count). The summed E-state index contributed by atoms with van der Waals surface area (Å²) in [6.07, 6.45) is 5.97. The van der Waals surface area contributed by atoms with Gasteiger partial charge in [0.05, 0.1) is 18.8 Å². The molecule has 0 fully saturated rings. The first-order chi connectivity index (χ1) is 15.6. The summed E-state index contributed by atoms with van der Waals surface area (Å²) in [4.78, 5) is 29.1. The highest BCUT2D eigenvalue weighted by atomic mass is 16.1. The Bertz CT molecular complexity index is 1220. The molecule has 3 N–H and O–H groups in total. The van der Waals surface area contributed by atoms with Crippen LogP contribution >= 0.6 is 0 Å². The zero-order chi connectivity index (χ0) is 22.5. The van der Waals surface area contributed by atoms with Crippen LogP contribution in [-0.4, -0.2) is 47.7 Å². The Balaban J connectivity index is 1.79. The molecule has 0 bridgehead atoms. The summed E-state index contributed by atoms with van der Waals surface area (Å²) in [5, 5.41) is 7.39. The molecular weight excluding hydrogens is 404 g/mol. The predicted molar refractivity (Wildman–Crippen MR) is 123 cm³/mol. The van der Waals surface area contributed by atoms with E-state index in [0.29, 0.717) is 43.0 Å². The first kappa shape index (κ1) is 21.8. The number of fused-ring (bicyclic) bond motifs is 1. The zero-order valence-corrected chi connectivity index (χ0v) is 18.4. The van der Waals surface area contributed by atoms with Gasteiger partial charge in [0.15, 0.2) is 5.65 Å². The molecule has 0 saturated carbocycles. The number of benzene rings is 1. The quantitative estimate of drug-likeness (QED) is 0.416. The minimum atomic E-state index is -0.121. The molecule has 0 spiro atoms. The van der Waals surface area contributed by atoms with E-state index in [-0.39, 0.29) is 11.6 Å². The highest BCUT2D eigenvalue weighted by molar-refractivity contribution is 5.72. The van der Waals surface area contributed by atoms with Crippen LogP contribution < -0.4 is 11.3 Å². The van der Waals surface area contributed by atoms with Gasteiger partial charge in [-0.1, -0.05) is 37.3 Å². The Labute approximate surface area is 186 Å². The summed E-state index contributed by atoms with van der Waals surface area (Å²) < 4.78 is 1.76. The molecule has 3 aromatic heterocycles. The van der Waals surface area contributed by atoms with E-state index in [4.69, 9.17) is 10.7 Å². The number of hydrogen-bond acceptors (Lipinski definition) is 7. The van der Waals surface area contributed by atoms with Crippen molar-refractivity contribution in [3.63, 3.8) is 0 Å². The summed E-state index contributed by atoms with van der Waals surface area (Å²) in [6, 6.07) is 9.81. The van der Waals surface area contributed by atoms with E-state index in [2.05, 4.69) is 32.0 Å². The van der Waals surface area contributed by atoms with E-state index >= 15 is 0 Å². The number of aromatic amines is 1. The van der Waals surface area contributed by atoms with E-state index in [1.54, 1.807) is 4.57 Å². The lowest BCUT2D eigenvalue weighted by Crippen LogP contribution is -2.37. The van der Waals surface area contributed by atoms with Crippen molar-refractivity contribution in [1.29, 1.82) is 0 Å². The van der Waals surface area contributed by atoms with E-state index in [1.165, 1.54) is 6.20 Å². The van der Waals surface area contributed by atoms with Crippen molar-refractivity contribution in [3.05, 3.63) is 82.1 Å². The third kappa shape index (κ3) is 4.58. The van der Waals surface area contributed by atoms with Gasteiger partial charge in [0.1, 0.15) is 17.0 Å². The Morgan fingerprint density at radius 3 is 2.56 bits per heavy atom. The maximum Gasteiger partial charge on any atom is 0.265 e. The van der Waals surface area contributed by atoms with Gasteiger partial charge >= 0.3 is 0 Å². The third-order valence-electron chi connectivity index (χ3n) is 5.54. The van der Waals surface area contributed by atoms with Gasteiger partial charge in [-0.05, 0) is 18.9 Å². The lowest BCUT2D eigenvalue weighted by atomic mass is 10.1. The number of H-pyrrole nitrogens is 1. The molecule has 0 saturated heterocycles. The monoisotopic (exact) mass is 432 g/mol. The standard InChI is InChI=1S/C23H28N8O/c1-3-20(30(10-9-24)14-18-11-25-16(2)26-12-18)22-28-21-19(13-27-29-21)23(32)31(22)15-17-7-5-4-6-8-17/h4-8,11-13,20H,3,9-10,14-15,24H2,1-2H3,(H,27,29). The summed E-state index contributed by atoms with van der Waals surface area (Å²) in [6.45, 7) is 6.13. The molecule has 0 aliphatic rings. The van der Waals surface area contributed by atoms with Crippen LogP contribution in [0, 0.1) is 6.92 Å². The van der Waals surface area contributed by atoms with Gasteiger partial charge in [0.25, 0.3) is 5.56 Å². The number of aromatic nitrogens is 6. The molecule has 4 aromatic rings. The van der Waals surface area contributed by atoms with Crippen LogP contribution in [0.15, 0.2) is 53.7 Å². The van der Waals surface area contributed by atoms with Crippen LogP contribution in [0.2, 0.25) is 0 Å². The van der Waals surface area contributed by atoms with Gasteiger partial charge in [-0.2, -0.15) is 5.10 Å². The fourth-order valence-electron chi connectivity index (χ4n) is 3.97. The van der Waals surface area contributed by atoms with Crippen LogP contribution in [0.3, 0.4) is 0 Å². The van der Waals surface area contributed by atoms with Gasteiger partial charge in [-0.15, -0.1) is 0 Å². The molecule has 1 aromatic carbocycles. The molecule has 3 heterocycles. The van der Waals surface area contributed by atoms with E-state index in [9.17, 15) is 4.79 Å². The Kier molecular flexibility index (Phi) is 6.67. The van der Waals surface area contributed by atoms with Crippen LogP contribution in [0.5, 0.6) is 0 Å². The Morgan fingerprint density at radius 2 is 1.88 bits per heavy atom. The zero-order valence-electron chi connectivity index (χ0n) is 18.4. The van der Waals surface area contributed by atoms with Crippen molar-refractivity contribution >= 4 is 11.0 Å². The molecule has 32 heavy (non-hydrogen) atoms. The van der Waals surface area contributed by atoms with Crippen LogP contribution in [0.1, 0.15) is 42.2 Å². The number of hydrogen-bond donors (Lipinski definition) is 2.